The van der Waals surface area contributed by atoms with Gasteiger partial charge in [0.05, 0.1) is 0 Å². The number of benzene rings is 2. The van der Waals surface area contributed by atoms with Crippen molar-refractivity contribution in [3.05, 3.63) is 47.5 Å². The van der Waals surface area contributed by atoms with E-state index < -0.39 is 6.04 Å². The van der Waals surface area contributed by atoms with Crippen LogP contribution in [-0.2, 0) is 4.79 Å². The predicted molar refractivity (Wildman–Crippen MR) is 130 cm³/mol. The highest BCUT2D eigenvalue weighted by atomic mass is 16.2. The van der Waals surface area contributed by atoms with Crippen molar-refractivity contribution in [1.29, 1.82) is 0 Å². The number of carbonyl (C=O) groups excluding carboxylic acids is 3. The van der Waals surface area contributed by atoms with Crippen molar-refractivity contribution in [3.8, 4) is 0 Å². The highest BCUT2D eigenvalue weighted by Gasteiger charge is 2.52. The number of hydrogen-bond donors (Lipinski definition) is 2. The summed E-state index contributed by atoms with van der Waals surface area (Å²) >= 11 is 0. The van der Waals surface area contributed by atoms with Crippen LogP contribution < -0.4 is 11.1 Å². The minimum Gasteiger partial charge on any atom is -0.349 e. The van der Waals surface area contributed by atoms with Gasteiger partial charge in [0.25, 0.3) is 11.8 Å². The summed E-state index contributed by atoms with van der Waals surface area (Å²) in [5, 5.41) is 4.98. The minimum absolute atomic E-state index is 0.169. The predicted octanol–water partition coefficient (Wildman–Crippen LogP) is 4.02. The van der Waals surface area contributed by atoms with Gasteiger partial charge in [0.15, 0.2) is 0 Å². The Morgan fingerprint density at radius 1 is 0.941 bits per heavy atom. The Kier molecular flexibility index (Phi) is 5.25. The van der Waals surface area contributed by atoms with Gasteiger partial charge in [-0.25, -0.2) is 0 Å². The van der Waals surface area contributed by atoms with Gasteiger partial charge in [-0.1, -0.05) is 24.3 Å². The fraction of sp³-hybridized carbons (Fsp3) is 0.536. The van der Waals surface area contributed by atoms with Crippen molar-refractivity contribution in [1.82, 2.24) is 10.2 Å². The molecule has 0 spiro atoms. The molecule has 4 bridgehead atoms. The first-order valence-electron chi connectivity index (χ1n) is 12.9. The first-order chi connectivity index (χ1) is 16.5. The van der Waals surface area contributed by atoms with E-state index in [1.807, 2.05) is 24.3 Å². The van der Waals surface area contributed by atoms with Gasteiger partial charge in [-0.2, -0.15) is 0 Å². The van der Waals surface area contributed by atoms with E-state index in [1.54, 1.807) is 12.1 Å². The molecule has 1 heterocycles. The smallest absolute Gasteiger partial charge is 0.262 e. The second-order valence-corrected chi connectivity index (χ2v) is 11.2. The molecule has 2 aromatic carbocycles. The number of nitrogens with two attached hydrogens (primary N) is 1. The molecular weight excluding hydrogens is 426 g/mol. The Balaban J connectivity index is 1.33. The number of imide groups is 1. The largest absolute Gasteiger partial charge is 0.349 e. The lowest BCUT2D eigenvalue weighted by Gasteiger charge is -2.57. The van der Waals surface area contributed by atoms with Gasteiger partial charge in [0.1, 0.15) is 6.04 Å². The molecule has 6 heteroatoms. The molecule has 1 atom stereocenters. The van der Waals surface area contributed by atoms with Crippen LogP contribution in [0, 0.1) is 17.8 Å². The van der Waals surface area contributed by atoms with E-state index in [0.29, 0.717) is 53.7 Å². The van der Waals surface area contributed by atoms with Crippen LogP contribution >= 0.6 is 0 Å². The van der Waals surface area contributed by atoms with E-state index in [2.05, 4.69) is 5.32 Å². The van der Waals surface area contributed by atoms with Crippen molar-refractivity contribution < 1.29 is 14.4 Å². The van der Waals surface area contributed by atoms with Crippen molar-refractivity contribution >= 4 is 28.5 Å². The molecule has 7 rings (SSSR count). The average molecular weight is 460 g/mol. The lowest BCUT2D eigenvalue weighted by molar-refractivity contribution is -0.131. The van der Waals surface area contributed by atoms with Gasteiger partial charge in [-0.15, -0.1) is 0 Å². The van der Waals surface area contributed by atoms with Crippen LogP contribution in [0.5, 0.6) is 0 Å². The van der Waals surface area contributed by atoms with Crippen molar-refractivity contribution in [2.75, 3.05) is 6.54 Å². The topological polar surface area (TPSA) is 92.5 Å². The second-order valence-electron chi connectivity index (χ2n) is 11.2. The Morgan fingerprint density at radius 2 is 1.50 bits per heavy atom. The van der Waals surface area contributed by atoms with Crippen LogP contribution in [0.2, 0.25) is 0 Å². The SMILES string of the molecule is NCCCCC(C(=O)NC12CC3CC(CC(C3)C1)C2)N1C(=O)c2cccc3cccc(c23)C1=O. The summed E-state index contributed by atoms with van der Waals surface area (Å²) in [5.41, 5.74) is 6.55. The second kappa shape index (κ2) is 8.19. The van der Waals surface area contributed by atoms with Gasteiger partial charge >= 0.3 is 0 Å². The Morgan fingerprint density at radius 3 is 2.03 bits per heavy atom. The lowest BCUT2D eigenvalue weighted by Crippen LogP contribution is -2.63. The third-order valence-electron chi connectivity index (χ3n) is 8.78. The molecular formula is C28H33N3O3. The van der Waals surface area contributed by atoms with E-state index in [4.69, 9.17) is 5.73 Å². The Hall–Kier alpha value is -2.73. The maximum atomic E-state index is 13.9. The maximum absolute atomic E-state index is 13.9. The summed E-state index contributed by atoms with van der Waals surface area (Å²) in [6, 6.07) is 10.2. The molecule has 5 aliphatic rings. The quantitative estimate of drug-likeness (QED) is 0.483. The molecule has 1 unspecified atom stereocenters. The Bertz CT molecular complexity index is 1090. The van der Waals surface area contributed by atoms with Gasteiger partial charge in [-0.05, 0) is 99.6 Å². The highest BCUT2D eigenvalue weighted by molar-refractivity contribution is 6.26. The van der Waals surface area contributed by atoms with E-state index in [9.17, 15) is 14.4 Å². The molecule has 0 radical (unpaired) electrons. The average Bonchev–Trinajstić information content (AvgIpc) is 2.80. The number of nitrogens with zero attached hydrogens (tertiary/aromatic N) is 1. The molecule has 4 fully saturated rings. The molecule has 34 heavy (non-hydrogen) atoms. The van der Waals surface area contributed by atoms with Crippen LogP contribution in [0.4, 0.5) is 0 Å². The summed E-state index contributed by atoms with van der Waals surface area (Å²) in [4.78, 5) is 42.4. The number of nitrogens with one attached hydrogen (secondary N) is 1. The Labute approximate surface area is 200 Å². The van der Waals surface area contributed by atoms with Gasteiger partial charge in [-0.3, -0.25) is 19.3 Å². The monoisotopic (exact) mass is 459 g/mol. The van der Waals surface area contributed by atoms with Crippen LogP contribution in [0.25, 0.3) is 10.8 Å². The summed E-state index contributed by atoms with van der Waals surface area (Å²) < 4.78 is 0. The zero-order valence-electron chi connectivity index (χ0n) is 19.6. The van der Waals surface area contributed by atoms with Gasteiger partial charge in [0, 0.05) is 22.1 Å². The van der Waals surface area contributed by atoms with Crippen LogP contribution in [0.1, 0.15) is 78.5 Å². The third-order valence-corrected chi connectivity index (χ3v) is 8.78. The molecule has 3 amide bonds. The summed E-state index contributed by atoms with van der Waals surface area (Å²) in [6.45, 7) is 0.521. The number of hydrogen-bond acceptors (Lipinski definition) is 4. The number of unbranched alkanes of at least 4 members (excludes halogenated alkanes) is 1. The molecule has 178 valence electrons. The zero-order valence-corrected chi connectivity index (χ0v) is 19.6. The van der Waals surface area contributed by atoms with Crippen molar-refractivity contribution in [3.63, 3.8) is 0 Å². The normalized spacial score (nSPS) is 30.1. The first kappa shape index (κ1) is 21.8. The van der Waals surface area contributed by atoms with Crippen LogP contribution in [0.3, 0.4) is 0 Å². The molecule has 2 aromatic rings. The van der Waals surface area contributed by atoms with E-state index in [0.717, 1.165) is 31.1 Å². The summed E-state index contributed by atoms with van der Waals surface area (Å²) in [7, 11) is 0. The van der Waals surface area contributed by atoms with E-state index in [-0.39, 0.29) is 23.3 Å². The molecule has 6 nitrogen and oxygen atoms in total. The van der Waals surface area contributed by atoms with Gasteiger partial charge < -0.3 is 11.1 Å². The molecule has 4 aliphatic carbocycles. The maximum Gasteiger partial charge on any atom is 0.262 e. The first-order valence-corrected chi connectivity index (χ1v) is 12.9. The lowest BCUT2D eigenvalue weighted by atomic mass is 9.53. The molecule has 0 aromatic heterocycles. The van der Waals surface area contributed by atoms with Crippen molar-refractivity contribution in [2.24, 2.45) is 23.5 Å². The van der Waals surface area contributed by atoms with Crippen molar-refractivity contribution in [2.45, 2.75) is 69.4 Å². The summed E-state index contributed by atoms with van der Waals surface area (Å²) in [6.07, 6.45) is 8.85. The van der Waals surface area contributed by atoms with Gasteiger partial charge in [0.2, 0.25) is 5.91 Å². The molecule has 0 saturated heterocycles. The molecule has 3 N–H and O–H groups in total. The highest BCUT2D eigenvalue weighted by Crippen LogP contribution is 2.55. The fourth-order valence-electron chi connectivity index (χ4n) is 7.80. The zero-order chi connectivity index (χ0) is 23.4. The number of amides is 3. The minimum atomic E-state index is -0.817. The van der Waals surface area contributed by atoms with Crippen LogP contribution in [0.15, 0.2) is 36.4 Å². The molecule has 4 saturated carbocycles. The third kappa shape index (κ3) is 3.46. The summed E-state index contributed by atoms with van der Waals surface area (Å²) in [5.74, 6) is 1.19. The standard InChI is InChI=1S/C28H33N3O3/c29-10-2-1-9-23(25(32)30-28-14-17-11-18(15-28)13-19(12-17)16-28)31-26(33)21-7-3-5-20-6-4-8-22(24(20)21)27(31)34/h3-8,17-19,23H,1-2,9-16,29H2,(H,30,32). The fourth-order valence-corrected chi connectivity index (χ4v) is 7.80. The van der Waals surface area contributed by atoms with Crippen LogP contribution in [-0.4, -0.2) is 40.7 Å². The molecule has 1 aliphatic heterocycles. The van der Waals surface area contributed by atoms with E-state index in [1.165, 1.54) is 24.2 Å². The van der Waals surface area contributed by atoms with E-state index >= 15 is 0 Å². The number of rotatable bonds is 7. The number of carbonyl (C=O) groups is 3.